The van der Waals surface area contributed by atoms with E-state index in [4.69, 9.17) is 11.6 Å². The van der Waals surface area contributed by atoms with Crippen LogP contribution in [-0.2, 0) is 11.2 Å². The van der Waals surface area contributed by atoms with Gasteiger partial charge in [-0.3, -0.25) is 4.79 Å². The zero-order valence-corrected chi connectivity index (χ0v) is 21.5. The highest BCUT2D eigenvalue weighted by Crippen LogP contribution is 2.35. The van der Waals surface area contributed by atoms with E-state index in [0.717, 1.165) is 32.3 Å². The number of amides is 1. The highest BCUT2D eigenvalue weighted by molar-refractivity contribution is 9.10. The van der Waals surface area contributed by atoms with Crippen LogP contribution >= 0.6 is 27.5 Å². The summed E-state index contributed by atoms with van der Waals surface area (Å²) in [6.45, 7) is 2.03. The van der Waals surface area contributed by atoms with Crippen LogP contribution in [0.2, 0.25) is 0 Å². The van der Waals surface area contributed by atoms with Gasteiger partial charge in [0.25, 0.3) is 0 Å². The van der Waals surface area contributed by atoms with Gasteiger partial charge in [-0.15, -0.1) is 0 Å². The SMILES string of the molecule is CC1=C(c2ccccc2)C=CC(Cl)(NC(=O)C(Cc2ccc(C(=O)O)cc2)c2ccc(Br)cc2)C1. The lowest BCUT2D eigenvalue weighted by molar-refractivity contribution is -0.123. The first-order valence-electron chi connectivity index (χ1n) is 11.3. The van der Waals surface area contributed by atoms with E-state index in [1.165, 1.54) is 0 Å². The van der Waals surface area contributed by atoms with Gasteiger partial charge in [-0.05, 0) is 65.9 Å². The molecule has 0 fully saturated rings. The number of carbonyl (C=O) groups excluding carboxylic acids is 1. The first-order chi connectivity index (χ1) is 16.7. The minimum absolute atomic E-state index is 0.190. The van der Waals surface area contributed by atoms with Crippen LogP contribution in [0.5, 0.6) is 0 Å². The molecule has 0 heterocycles. The van der Waals surface area contributed by atoms with Crippen molar-refractivity contribution in [3.05, 3.63) is 123 Å². The van der Waals surface area contributed by atoms with Gasteiger partial charge in [0.2, 0.25) is 5.91 Å². The molecule has 35 heavy (non-hydrogen) atoms. The molecule has 0 radical (unpaired) electrons. The van der Waals surface area contributed by atoms with E-state index in [1.807, 2.05) is 61.5 Å². The van der Waals surface area contributed by atoms with E-state index in [1.54, 1.807) is 24.3 Å². The fourth-order valence-electron chi connectivity index (χ4n) is 4.31. The molecule has 1 amide bonds. The smallest absolute Gasteiger partial charge is 0.335 e. The minimum atomic E-state index is -1.03. The van der Waals surface area contributed by atoms with Crippen LogP contribution in [0.25, 0.3) is 5.57 Å². The van der Waals surface area contributed by atoms with Crippen molar-refractivity contribution in [2.75, 3.05) is 0 Å². The number of halogens is 2. The van der Waals surface area contributed by atoms with Crippen LogP contribution in [0.15, 0.2) is 101 Å². The zero-order chi connectivity index (χ0) is 25.0. The largest absolute Gasteiger partial charge is 0.478 e. The number of carboxylic acid groups (broad SMARTS) is 1. The molecule has 0 spiro atoms. The Morgan fingerprint density at radius 3 is 2.29 bits per heavy atom. The highest BCUT2D eigenvalue weighted by atomic mass is 79.9. The molecule has 1 aliphatic rings. The molecule has 2 atom stereocenters. The van der Waals surface area contributed by atoms with Gasteiger partial charge in [-0.25, -0.2) is 4.79 Å². The molecule has 0 saturated heterocycles. The average Bonchev–Trinajstić information content (AvgIpc) is 2.84. The molecule has 6 heteroatoms. The molecule has 4 rings (SSSR count). The summed E-state index contributed by atoms with van der Waals surface area (Å²) in [4.78, 5) is 23.8. The van der Waals surface area contributed by atoms with Crippen molar-refractivity contribution in [2.24, 2.45) is 0 Å². The second-order valence-corrected chi connectivity index (χ2v) is 10.3. The van der Waals surface area contributed by atoms with Gasteiger partial charge in [-0.2, -0.15) is 0 Å². The normalized spacial score (nSPS) is 18.3. The number of carbonyl (C=O) groups is 2. The van der Waals surface area contributed by atoms with Crippen LogP contribution in [0, 0.1) is 0 Å². The molecule has 0 bridgehead atoms. The number of carboxylic acids is 1. The van der Waals surface area contributed by atoms with Gasteiger partial charge < -0.3 is 10.4 Å². The third kappa shape index (κ3) is 6.11. The van der Waals surface area contributed by atoms with E-state index in [2.05, 4.69) is 33.4 Å². The quantitative estimate of drug-likeness (QED) is 0.247. The fraction of sp³-hybridized carbons (Fsp3) is 0.172. The summed E-state index contributed by atoms with van der Waals surface area (Å²) in [5.41, 5.74) is 5.25. The van der Waals surface area contributed by atoms with Gasteiger partial charge in [-0.1, -0.05) is 93.8 Å². The van der Waals surface area contributed by atoms with E-state index < -0.39 is 16.9 Å². The highest BCUT2D eigenvalue weighted by Gasteiger charge is 2.33. The Hall–Kier alpha value is -3.15. The maximum absolute atomic E-state index is 13.6. The molecule has 4 nitrogen and oxygen atoms in total. The van der Waals surface area contributed by atoms with Crippen molar-refractivity contribution < 1.29 is 14.7 Å². The van der Waals surface area contributed by atoms with Crippen molar-refractivity contribution in [3.63, 3.8) is 0 Å². The van der Waals surface area contributed by atoms with Gasteiger partial charge in [0.05, 0.1) is 11.5 Å². The summed E-state index contributed by atoms with van der Waals surface area (Å²) >= 11 is 10.4. The maximum atomic E-state index is 13.6. The molecule has 2 N–H and O–H groups in total. The maximum Gasteiger partial charge on any atom is 0.335 e. The van der Waals surface area contributed by atoms with Gasteiger partial charge in [0.1, 0.15) is 5.00 Å². The molecule has 178 valence electrons. The standard InChI is InChI=1S/C29H25BrClNO3/c1-19-18-29(31,16-15-25(19)21-5-3-2-4-6-21)32-27(33)26(22-11-13-24(30)14-12-22)17-20-7-9-23(10-8-20)28(34)35/h2-16,26H,17-18H2,1H3,(H,32,33)(H,34,35). The number of nitrogens with one attached hydrogen (secondary N) is 1. The van der Waals surface area contributed by atoms with Crippen LogP contribution in [0.1, 0.15) is 46.3 Å². The predicted octanol–water partition coefficient (Wildman–Crippen LogP) is 6.96. The van der Waals surface area contributed by atoms with Crippen molar-refractivity contribution in [3.8, 4) is 0 Å². The Morgan fingerprint density at radius 1 is 1.03 bits per heavy atom. The van der Waals surface area contributed by atoms with Gasteiger partial charge >= 0.3 is 5.97 Å². The third-order valence-corrected chi connectivity index (χ3v) is 7.02. The zero-order valence-electron chi connectivity index (χ0n) is 19.2. The van der Waals surface area contributed by atoms with Crippen LogP contribution in [-0.4, -0.2) is 22.0 Å². The number of hydrogen-bond donors (Lipinski definition) is 2. The second-order valence-electron chi connectivity index (χ2n) is 8.73. The lowest BCUT2D eigenvalue weighted by Crippen LogP contribution is -2.46. The van der Waals surface area contributed by atoms with Gasteiger partial charge in [0, 0.05) is 10.9 Å². The van der Waals surface area contributed by atoms with Crippen LogP contribution < -0.4 is 5.32 Å². The summed E-state index contributed by atoms with van der Waals surface area (Å²) in [6, 6.07) is 24.3. The first kappa shape index (κ1) is 25.0. The van der Waals surface area contributed by atoms with E-state index in [0.29, 0.717) is 12.8 Å². The molecule has 2 unspecified atom stereocenters. The number of rotatable bonds is 7. The van der Waals surface area contributed by atoms with Crippen molar-refractivity contribution in [1.29, 1.82) is 0 Å². The molecule has 0 saturated carbocycles. The predicted molar refractivity (Wildman–Crippen MR) is 144 cm³/mol. The van der Waals surface area contributed by atoms with E-state index in [9.17, 15) is 14.7 Å². The number of allylic oxidation sites excluding steroid dienone is 2. The summed E-state index contributed by atoms with van der Waals surface area (Å²) < 4.78 is 0.921. The summed E-state index contributed by atoms with van der Waals surface area (Å²) in [5.74, 6) is -1.67. The molecular weight excluding hydrogens is 526 g/mol. The average molecular weight is 551 g/mol. The Balaban J connectivity index is 1.56. The Kier molecular flexibility index (Phi) is 7.58. The molecule has 1 aliphatic carbocycles. The Bertz CT molecular complexity index is 1280. The summed E-state index contributed by atoms with van der Waals surface area (Å²) in [7, 11) is 0. The lowest BCUT2D eigenvalue weighted by atomic mass is 9.88. The van der Waals surface area contributed by atoms with Gasteiger partial charge in [0.15, 0.2) is 0 Å². The van der Waals surface area contributed by atoms with Crippen molar-refractivity contribution in [2.45, 2.75) is 30.7 Å². The number of hydrogen-bond acceptors (Lipinski definition) is 2. The number of aromatic carboxylic acids is 1. The van der Waals surface area contributed by atoms with Crippen LogP contribution in [0.4, 0.5) is 0 Å². The molecular formula is C29H25BrClNO3. The molecule has 3 aromatic rings. The Morgan fingerprint density at radius 2 is 1.69 bits per heavy atom. The molecule has 3 aromatic carbocycles. The number of benzene rings is 3. The molecule has 0 aliphatic heterocycles. The van der Waals surface area contributed by atoms with Crippen molar-refractivity contribution in [1.82, 2.24) is 5.32 Å². The second kappa shape index (κ2) is 10.6. The van der Waals surface area contributed by atoms with E-state index in [-0.39, 0.29) is 11.5 Å². The van der Waals surface area contributed by atoms with Crippen LogP contribution in [0.3, 0.4) is 0 Å². The minimum Gasteiger partial charge on any atom is -0.478 e. The first-order valence-corrected chi connectivity index (χ1v) is 12.4. The lowest BCUT2D eigenvalue weighted by Gasteiger charge is -2.31. The fourth-order valence-corrected chi connectivity index (χ4v) is 4.93. The third-order valence-electron chi connectivity index (χ3n) is 6.14. The number of alkyl halides is 1. The Labute approximate surface area is 218 Å². The summed E-state index contributed by atoms with van der Waals surface area (Å²) in [6.07, 6.45) is 4.72. The topological polar surface area (TPSA) is 66.4 Å². The monoisotopic (exact) mass is 549 g/mol. The summed E-state index contributed by atoms with van der Waals surface area (Å²) in [5, 5.41) is 12.2. The molecule has 0 aromatic heterocycles. The van der Waals surface area contributed by atoms with E-state index >= 15 is 0 Å². The van der Waals surface area contributed by atoms with Crippen molar-refractivity contribution >= 4 is 45.0 Å².